The third-order valence-electron chi connectivity index (χ3n) is 4.12. The van der Waals surface area contributed by atoms with Gasteiger partial charge in [-0.05, 0) is 25.0 Å². The van der Waals surface area contributed by atoms with Gasteiger partial charge in [-0.2, -0.15) is 0 Å². The van der Waals surface area contributed by atoms with Crippen LogP contribution in [-0.2, 0) is 4.74 Å². The van der Waals surface area contributed by atoms with Crippen molar-refractivity contribution in [3.05, 3.63) is 47.0 Å². The lowest BCUT2D eigenvalue weighted by Crippen LogP contribution is -2.40. The van der Waals surface area contributed by atoms with Crippen molar-refractivity contribution in [1.82, 2.24) is 10.3 Å². The van der Waals surface area contributed by atoms with E-state index >= 15 is 0 Å². The zero-order valence-electron chi connectivity index (χ0n) is 13.4. The summed E-state index contributed by atoms with van der Waals surface area (Å²) in [6.07, 6.45) is 3.89. The van der Waals surface area contributed by atoms with E-state index in [0.29, 0.717) is 12.1 Å². The van der Waals surface area contributed by atoms with Crippen LogP contribution < -0.4 is 10.2 Å². The maximum atomic E-state index is 12.5. The Morgan fingerprint density at radius 2 is 2.17 bits per heavy atom. The zero-order valence-corrected chi connectivity index (χ0v) is 14.2. The maximum absolute atomic E-state index is 12.5. The van der Waals surface area contributed by atoms with Crippen molar-refractivity contribution in [3.8, 4) is 0 Å². The Balaban J connectivity index is 1.67. The fourth-order valence-corrected chi connectivity index (χ4v) is 3.67. The lowest BCUT2D eigenvalue weighted by molar-refractivity contribution is 0.0596. The molecule has 0 radical (unpaired) electrons. The number of rotatable bonds is 5. The van der Waals surface area contributed by atoms with Crippen LogP contribution in [0, 0.1) is 0 Å². The molecule has 3 rings (SSSR count). The highest BCUT2D eigenvalue weighted by molar-refractivity contribution is 7.13. The number of aromatic nitrogens is 1. The maximum Gasteiger partial charge on any atom is 0.338 e. The number of thiazole rings is 1. The van der Waals surface area contributed by atoms with Gasteiger partial charge in [0.25, 0.3) is 5.91 Å². The predicted octanol–water partition coefficient (Wildman–Crippen LogP) is 2.33. The van der Waals surface area contributed by atoms with Crippen LogP contribution in [0.25, 0.3) is 0 Å². The Morgan fingerprint density at radius 1 is 1.38 bits per heavy atom. The molecule has 1 aromatic heterocycles. The van der Waals surface area contributed by atoms with Crippen LogP contribution >= 0.6 is 11.3 Å². The average molecular weight is 345 g/mol. The molecule has 1 N–H and O–H groups in total. The van der Waals surface area contributed by atoms with Crippen LogP contribution in [0.3, 0.4) is 0 Å². The molecule has 7 heteroatoms. The van der Waals surface area contributed by atoms with Gasteiger partial charge in [0.1, 0.15) is 0 Å². The number of benzene rings is 1. The van der Waals surface area contributed by atoms with E-state index in [4.69, 9.17) is 4.74 Å². The van der Waals surface area contributed by atoms with Crippen LogP contribution in [-0.4, -0.2) is 43.1 Å². The molecule has 1 aromatic carbocycles. The van der Waals surface area contributed by atoms with Gasteiger partial charge in [0.15, 0.2) is 5.13 Å². The summed E-state index contributed by atoms with van der Waals surface area (Å²) in [5.74, 6) is -0.770. The minimum Gasteiger partial charge on any atom is -0.465 e. The zero-order chi connectivity index (χ0) is 16.9. The highest BCUT2D eigenvalue weighted by Gasteiger charge is 2.27. The minimum absolute atomic E-state index is 0.227. The first-order valence-electron chi connectivity index (χ1n) is 7.82. The van der Waals surface area contributed by atoms with E-state index in [1.807, 2.05) is 5.38 Å². The fourth-order valence-electron chi connectivity index (χ4n) is 2.93. The molecule has 0 saturated carbocycles. The number of esters is 1. The quantitative estimate of drug-likeness (QED) is 0.842. The second-order valence-corrected chi connectivity index (χ2v) is 6.42. The summed E-state index contributed by atoms with van der Waals surface area (Å²) in [6, 6.07) is 6.90. The van der Waals surface area contributed by atoms with Crippen LogP contribution in [0.5, 0.6) is 0 Å². The van der Waals surface area contributed by atoms with Crippen LogP contribution in [0.1, 0.15) is 33.6 Å². The van der Waals surface area contributed by atoms with Crippen LogP contribution in [0.15, 0.2) is 35.8 Å². The van der Waals surface area contributed by atoms with E-state index in [1.165, 1.54) is 7.11 Å². The molecule has 0 spiro atoms. The Kier molecular flexibility index (Phi) is 5.10. The third kappa shape index (κ3) is 3.41. The first kappa shape index (κ1) is 16.4. The van der Waals surface area contributed by atoms with E-state index in [2.05, 4.69) is 15.2 Å². The van der Waals surface area contributed by atoms with Gasteiger partial charge in [-0.25, -0.2) is 9.78 Å². The lowest BCUT2D eigenvalue weighted by atomic mass is 10.1. The largest absolute Gasteiger partial charge is 0.465 e. The van der Waals surface area contributed by atoms with Crippen molar-refractivity contribution >= 4 is 28.3 Å². The lowest BCUT2D eigenvalue weighted by Gasteiger charge is -2.24. The Labute approximate surface area is 144 Å². The molecule has 1 saturated heterocycles. The summed E-state index contributed by atoms with van der Waals surface area (Å²) in [5.41, 5.74) is 0.615. The van der Waals surface area contributed by atoms with Crippen molar-refractivity contribution in [2.24, 2.45) is 0 Å². The monoisotopic (exact) mass is 345 g/mol. The summed E-state index contributed by atoms with van der Waals surface area (Å²) in [6.45, 7) is 1.47. The van der Waals surface area contributed by atoms with E-state index in [9.17, 15) is 9.59 Å². The molecule has 0 bridgehead atoms. The van der Waals surface area contributed by atoms with E-state index < -0.39 is 5.97 Å². The van der Waals surface area contributed by atoms with E-state index in [1.54, 1.807) is 41.8 Å². The second kappa shape index (κ2) is 7.44. The molecule has 24 heavy (non-hydrogen) atoms. The number of amides is 1. The topological polar surface area (TPSA) is 71.5 Å². The number of carbonyl (C=O) groups is 2. The standard InChI is InChI=1S/C17H19N3O3S/c1-23-16(22)14-7-3-2-6-13(14)15(21)19-11-12-5-4-9-20(12)17-18-8-10-24-17/h2-3,6-8,10,12H,4-5,9,11H2,1H3,(H,19,21). The van der Waals surface area contributed by atoms with Gasteiger partial charge in [-0.15, -0.1) is 11.3 Å². The summed E-state index contributed by atoms with van der Waals surface area (Å²) in [5, 5.41) is 5.88. The van der Waals surface area contributed by atoms with Crippen molar-refractivity contribution in [2.45, 2.75) is 18.9 Å². The molecule has 126 valence electrons. The molecule has 2 aromatic rings. The number of anilines is 1. The number of carbonyl (C=O) groups excluding carboxylic acids is 2. The number of ether oxygens (including phenoxy) is 1. The number of methoxy groups -OCH3 is 1. The molecular weight excluding hydrogens is 326 g/mol. The number of hydrogen-bond acceptors (Lipinski definition) is 6. The van der Waals surface area contributed by atoms with Crippen molar-refractivity contribution in [2.75, 3.05) is 25.1 Å². The van der Waals surface area contributed by atoms with Gasteiger partial charge < -0.3 is 15.0 Å². The highest BCUT2D eigenvalue weighted by Crippen LogP contribution is 2.26. The van der Waals surface area contributed by atoms with Gasteiger partial charge in [0, 0.05) is 30.7 Å². The van der Waals surface area contributed by atoms with Gasteiger partial charge in [0.2, 0.25) is 0 Å². The molecule has 1 aliphatic rings. The first-order chi connectivity index (χ1) is 11.7. The van der Waals surface area contributed by atoms with Crippen molar-refractivity contribution in [1.29, 1.82) is 0 Å². The van der Waals surface area contributed by atoms with Gasteiger partial charge in [-0.1, -0.05) is 12.1 Å². The molecule has 1 fully saturated rings. The molecular formula is C17H19N3O3S. The van der Waals surface area contributed by atoms with Gasteiger partial charge >= 0.3 is 5.97 Å². The predicted molar refractivity (Wildman–Crippen MR) is 92.6 cm³/mol. The number of hydrogen-bond donors (Lipinski definition) is 1. The average Bonchev–Trinajstić information content (AvgIpc) is 3.29. The first-order valence-corrected chi connectivity index (χ1v) is 8.70. The molecule has 2 heterocycles. The van der Waals surface area contributed by atoms with E-state index in [-0.39, 0.29) is 17.5 Å². The Hall–Kier alpha value is -2.41. The summed E-state index contributed by atoms with van der Waals surface area (Å²) in [4.78, 5) is 30.9. The molecule has 1 unspecified atom stereocenters. The normalized spacial score (nSPS) is 16.9. The fraction of sp³-hybridized carbons (Fsp3) is 0.353. The van der Waals surface area contributed by atoms with Crippen molar-refractivity contribution < 1.29 is 14.3 Å². The summed E-state index contributed by atoms with van der Waals surface area (Å²) >= 11 is 1.60. The molecule has 1 atom stereocenters. The molecule has 1 aliphatic heterocycles. The minimum atomic E-state index is -0.508. The number of nitrogens with zero attached hydrogens (tertiary/aromatic N) is 2. The Bertz CT molecular complexity index is 718. The molecule has 6 nitrogen and oxygen atoms in total. The van der Waals surface area contributed by atoms with Crippen molar-refractivity contribution in [3.63, 3.8) is 0 Å². The highest BCUT2D eigenvalue weighted by atomic mass is 32.1. The SMILES string of the molecule is COC(=O)c1ccccc1C(=O)NCC1CCCN1c1nccs1. The molecule has 1 amide bonds. The second-order valence-electron chi connectivity index (χ2n) is 5.55. The number of nitrogens with one attached hydrogen (secondary N) is 1. The molecule has 0 aliphatic carbocycles. The smallest absolute Gasteiger partial charge is 0.338 e. The van der Waals surface area contributed by atoms with Gasteiger partial charge in [-0.3, -0.25) is 4.79 Å². The van der Waals surface area contributed by atoms with Crippen LogP contribution in [0.4, 0.5) is 5.13 Å². The third-order valence-corrected chi connectivity index (χ3v) is 4.93. The van der Waals surface area contributed by atoms with E-state index in [0.717, 1.165) is 24.5 Å². The van der Waals surface area contributed by atoms with Gasteiger partial charge in [0.05, 0.1) is 18.2 Å². The summed E-state index contributed by atoms with van der Waals surface area (Å²) < 4.78 is 4.74. The Morgan fingerprint density at radius 3 is 2.88 bits per heavy atom. The summed E-state index contributed by atoms with van der Waals surface area (Å²) in [7, 11) is 1.31. The van der Waals surface area contributed by atoms with Crippen LogP contribution in [0.2, 0.25) is 0 Å².